The first kappa shape index (κ1) is 17.7. The Kier molecular flexibility index (Phi) is 4.91. The van der Waals surface area contributed by atoms with Gasteiger partial charge in [0.1, 0.15) is 0 Å². The lowest BCUT2D eigenvalue weighted by Gasteiger charge is -2.09. The largest absolute Gasteiger partial charge is 0.454 e. The molecular weight excluding hydrogens is 390 g/mol. The average Bonchev–Trinajstić information content (AvgIpc) is 3.32. The van der Waals surface area contributed by atoms with Crippen LogP contribution >= 0.6 is 23.4 Å². The van der Waals surface area contributed by atoms with E-state index in [1.54, 1.807) is 43.3 Å². The zero-order valence-electron chi connectivity index (χ0n) is 14.1. The number of anilines is 1. The highest BCUT2D eigenvalue weighted by Gasteiger charge is 2.20. The standard InChI is InChI=1S/C18H14ClN3O4S/c1-10(16(23)20-13-5-3-12(19)4-6-13)27-18-22-21-17(26-18)11-2-7-14-15(8-11)25-9-24-14/h2-8,10H,9H2,1H3,(H,20,23). The second-order valence-electron chi connectivity index (χ2n) is 5.70. The average molecular weight is 404 g/mol. The van der Waals surface area contributed by atoms with Gasteiger partial charge in [0.2, 0.25) is 18.6 Å². The molecule has 138 valence electrons. The van der Waals surface area contributed by atoms with Crippen molar-refractivity contribution >= 4 is 35.0 Å². The van der Waals surface area contributed by atoms with E-state index in [9.17, 15) is 4.79 Å². The number of aromatic nitrogens is 2. The van der Waals surface area contributed by atoms with E-state index in [0.717, 1.165) is 5.56 Å². The van der Waals surface area contributed by atoms with Crippen LogP contribution in [0.5, 0.6) is 11.5 Å². The number of rotatable bonds is 5. The Morgan fingerprint density at radius 1 is 1.15 bits per heavy atom. The van der Waals surface area contributed by atoms with E-state index < -0.39 is 5.25 Å². The molecule has 9 heteroatoms. The van der Waals surface area contributed by atoms with Crippen LogP contribution in [0.2, 0.25) is 5.02 Å². The van der Waals surface area contributed by atoms with Gasteiger partial charge in [-0.25, -0.2) is 0 Å². The highest BCUT2D eigenvalue weighted by Crippen LogP contribution is 2.36. The summed E-state index contributed by atoms with van der Waals surface area (Å²) in [6.07, 6.45) is 0. The molecular formula is C18H14ClN3O4S. The number of halogens is 1. The van der Waals surface area contributed by atoms with Crippen LogP contribution in [0.3, 0.4) is 0 Å². The molecule has 1 aliphatic rings. The number of fused-ring (bicyclic) bond motifs is 1. The minimum atomic E-state index is -0.425. The number of carbonyl (C=O) groups is 1. The Hall–Kier alpha value is -2.71. The molecule has 0 fully saturated rings. The van der Waals surface area contributed by atoms with Gasteiger partial charge in [-0.15, -0.1) is 10.2 Å². The number of ether oxygens (including phenoxy) is 2. The molecule has 0 bridgehead atoms. The summed E-state index contributed by atoms with van der Waals surface area (Å²) in [6.45, 7) is 1.96. The van der Waals surface area contributed by atoms with Gasteiger partial charge in [0.05, 0.1) is 5.25 Å². The molecule has 1 aromatic heterocycles. The van der Waals surface area contributed by atoms with Crippen LogP contribution in [-0.4, -0.2) is 28.1 Å². The lowest BCUT2D eigenvalue weighted by atomic mass is 10.2. The number of hydrogen-bond acceptors (Lipinski definition) is 7. The van der Waals surface area contributed by atoms with Crippen molar-refractivity contribution in [2.75, 3.05) is 12.1 Å². The lowest BCUT2D eigenvalue weighted by Crippen LogP contribution is -2.22. The predicted molar refractivity (Wildman–Crippen MR) is 101 cm³/mol. The van der Waals surface area contributed by atoms with Gasteiger partial charge >= 0.3 is 0 Å². The number of amides is 1. The number of nitrogens with zero attached hydrogens (tertiary/aromatic N) is 2. The Bertz CT molecular complexity index is 977. The summed E-state index contributed by atoms with van der Waals surface area (Å²) >= 11 is 7.02. The molecule has 1 unspecified atom stereocenters. The molecule has 27 heavy (non-hydrogen) atoms. The fraction of sp³-hybridized carbons (Fsp3) is 0.167. The van der Waals surface area contributed by atoms with Crippen molar-refractivity contribution < 1.29 is 18.7 Å². The van der Waals surface area contributed by atoms with Crippen LogP contribution < -0.4 is 14.8 Å². The van der Waals surface area contributed by atoms with Crippen LogP contribution in [0, 0.1) is 0 Å². The van der Waals surface area contributed by atoms with Gasteiger partial charge < -0.3 is 19.2 Å². The first-order valence-corrected chi connectivity index (χ1v) is 9.31. The number of benzene rings is 2. The van der Waals surface area contributed by atoms with Gasteiger partial charge in [-0.2, -0.15) is 0 Å². The van der Waals surface area contributed by atoms with Crippen LogP contribution in [0.15, 0.2) is 52.1 Å². The third-order valence-electron chi connectivity index (χ3n) is 3.78. The molecule has 0 spiro atoms. The summed E-state index contributed by atoms with van der Waals surface area (Å²) in [5.41, 5.74) is 1.39. The maximum atomic E-state index is 12.3. The molecule has 2 aromatic carbocycles. The molecule has 1 amide bonds. The highest BCUT2D eigenvalue weighted by atomic mass is 35.5. The van der Waals surface area contributed by atoms with E-state index in [1.165, 1.54) is 11.8 Å². The molecule has 1 N–H and O–H groups in total. The molecule has 1 atom stereocenters. The molecule has 0 saturated heterocycles. The SMILES string of the molecule is CC(Sc1nnc(-c2ccc3c(c2)OCO3)o1)C(=O)Nc1ccc(Cl)cc1. The van der Waals surface area contributed by atoms with Crippen molar-refractivity contribution in [1.82, 2.24) is 10.2 Å². The van der Waals surface area contributed by atoms with Crippen molar-refractivity contribution in [3.8, 4) is 23.0 Å². The Balaban J connectivity index is 1.41. The second kappa shape index (κ2) is 7.50. The van der Waals surface area contributed by atoms with Crippen molar-refractivity contribution in [3.63, 3.8) is 0 Å². The maximum Gasteiger partial charge on any atom is 0.277 e. The number of carbonyl (C=O) groups excluding carboxylic acids is 1. The minimum Gasteiger partial charge on any atom is -0.454 e. The monoisotopic (exact) mass is 403 g/mol. The zero-order chi connectivity index (χ0) is 18.8. The van der Waals surface area contributed by atoms with E-state index in [4.69, 9.17) is 25.5 Å². The first-order valence-electron chi connectivity index (χ1n) is 8.05. The predicted octanol–water partition coefficient (Wildman–Crippen LogP) is 4.24. The topological polar surface area (TPSA) is 86.5 Å². The van der Waals surface area contributed by atoms with E-state index in [2.05, 4.69) is 15.5 Å². The third-order valence-corrected chi connectivity index (χ3v) is 4.97. The molecule has 1 aliphatic heterocycles. The second-order valence-corrected chi connectivity index (χ2v) is 7.43. The van der Waals surface area contributed by atoms with Crippen molar-refractivity contribution in [2.45, 2.75) is 17.4 Å². The van der Waals surface area contributed by atoms with E-state index in [1.807, 2.05) is 6.07 Å². The van der Waals surface area contributed by atoms with Gasteiger partial charge in [-0.05, 0) is 49.4 Å². The summed E-state index contributed by atoms with van der Waals surface area (Å²) in [5, 5.41) is 11.3. The normalized spacial score (nSPS) is 13.4. The van der Waals surface area contributed by atoms with Crippen LogP contribution in [0.25, 0.3) is 11.5 Å². The summed E-state index contributed by atoms with van der Waals surface area (Å²) in [6, 6.07) is 12.3. The summed E-state index contributed by atoms with van der Waals surface area (Å²) < 4.78 is 16.3. The van der Waals surface area contributed by atoms with Gasteiger partial charge in [-0.3, -0.25) is 4.79 Å². The van der Waals surface area contributed by atoms with Gasteiger partial charge in [-0.1, -0.05) is 23.4 Å². The summed E-state index contributed by atoms with van der Waals surface area (Å²) in [4.78, 5) is 12.3. The zero-order valence-corrected chi connectivity index (χ0v) is 15.7. The quantitative estimate of drug-likeness (QED) is 0.637. The Morgan fingerprint density at radius 3 is 2.74 bits per heavy atom. The van der Waals surface area contributed by atoms with Crippen LogP contribution in [0.1, 0.15) is 6.92 Å². The van der Waals surface area contributed by atoms with Crippen LogP contribution in [0.4, 0.5) is 5.69 Å². The van der Waals surface area contributed by atoms with Gasteiger partial charge in [0, 0.05) is 16.3 Å². The Labute approximate surface area is 164 Å². The Morgan fingerprint density at radius 2 is 1.93 bits per heavy atom. The molecule has 2 heterocycles. The highest BCUT2D eigenvalue weighted by molar-refractivity contribution is 8.00. The first-order chi connectivity index (χ1) is 13.1. The van der Waals surface area contributed by atoms with Crippen LogP contribution in [-0.2, 0) is 4.79 Å². The fourth-order valence-electron chi connectivity index (χ4n) is 2.39. The number of thioether (sulfide) groups is 1. The fourth-order valence-corrected chi connectivity index (χ4v) is 3.19. The number of hydrogen-bond donors (Lipinski definition) is 1. The number of nitrogens with one attached hydrogen (secondary N) is 1. The molecule has 7 nitrogen and oxygen atoms in total. The third kappa shape index (κ3) is 4.01. The van der Waals surface area contributed by atoms with Gasteiger partial charge in [0.25, 0.3) is 5.22 Å². The molecule has 0 aliphatic carbocycles. The lowest BCUT2D eigenvalue weighted by molar-refractivity contribution is -0.115. The molecule has 0 radical (unpaired) electrons. The molecule has 4 rings (SSSR count). The summed E-state index contributed by atoms with van der Waals surface area (Å²) in [7, 11) is 0. The smallest absolute Gasteiger partial charge is 0.277 e. The van der Waals surface area contributed by atoms with E-state index in [-0.39, 0.29) is 12.7 Å². The van der Waals surface area contributed by atoms with E-state index in [0.29, 0.717) is 33.3 Å². The summed E-state index contributed by atoms with van der Waals surface area (Å²) in [5.74, 6) is 1.49. The molecule has 3 aromatic rings. The minimum absolute atomic E-state index is 0.176. The molecule has 0 saturated carbocycles. The van der Waals surface area contributed by atoms with Crippen molar-refractivity contribution in [1.29, 1.82) is 0 Å². The van der Waals surface area contributed by atoms with Crippen molar-refractivity contribution in [2.24, 2.45) is 0 Å². The van der Waals surface area contributed by atoms with Crippen molar-refractivity contribution in [3.05, 3.63) is 47.5 Å². The van der Waals surface area contributed by atoms with E-state index >= 15 is 0 Å². The maximum absolute atomic E-state index is 12.3. The van der Waals surface area contributed by atoms with Gasteiger partial charge in [0.15, 0.2) is 11.5 Å².